The number of aryl methyl sites for hydroxylation is 1. The van der Waals surface area contributed by atoms with Crippen LogP contribution in [-0.2, 0) is 11.2 Å². The van der Waals surface area contributed by atoms with E-state index >= 15 is 0 Å². The van der Waals surface area contributed by atoms with Gasteiger partial charge in [0.2, 0.25) is 0 Å². The van der Waals surface area contributed by atoms with Crippen molar-refractivity contribution in [1.82, 2.24) is 0 Å². The van der Waals surface area contributed by atoms with Gasteiger partial charge in [-0.3, -0.25) is 4.79 Å². The summed E-state index contributed by atoms with van der Waals surface area (Å²) in [6.45, 7) is 2.04. The van der Waals surface area contributed by atoms with Gasteiger partial charge in [0.05, 0.1) is 5.75 Å². The Balaban J connectivity index is 1.90. The minimum absolute atomic E-state index is 0.166. The normalized spacial score (nSPS) is 10.4. The Kier molecular flexibility index (Phi) is 4.63. The summed E-state index contributed by atoms with van der Waals surface area (Å²) >= 11 is 1.57. The summed E-state index contributed by atoms with van der Waals surface area (Å²) in [6, 6.07) is 14.9. The number of thioether (sulfide) groups is 1. The molecule has 0 aliphatic heterocycles. The first-order valence-electron chi connectivity index (χ1n) is 6.13. The van der Waals surface area contributed by atoms with E-state index in [1.165, 1.54) is 5.56 Å². The van der Waals surface area contributed by atoms with Crippen molar-refractivity contribution < 1.29 is 9.90 Å². The molecule has 2 aromatic rings. The minimum Gasteiger partial charge on any atom is -0.508 e. The Morgan fingerprint density at radius 2 is 1.95 bits per heavy atom. The minimum atomic E-state index is 0.166. The number of phenolic OH excluding ortho intramolecular Hbond substituents is 1. The van der Waals surface area contributed by atoms with Crippen molar-refractivity contribution >= 4 is 17.5 Å². The number of benzene rings is 2. The highest BCUT2D eigenvalue weighted by molar-refractivity contribution is 8.00. The SMILES string of the molecule is Cc1ccccc1SCC(=O)Cc1cccc(O)c1. The quantitative estimate of drug-likeness (QED) is 0.845. The predicted molar refractivity (Wildman–Crippen MR) is 78.7 cm³/mol. The topological polar surface area (TPSA) is 37.3 Å². The van der Waals surface area contributed by atoms with Crippen LogP contribution in [0.3, 0.4) is 0 Å². The molecule has 0 heterocycles. The summed E-state index contributed by atoms with van der Waals surface area (Å²) in [5.41, 5.74) is 2.05. The molecule has 0 saturated heterocycles. The Morgan fingerprint density at radius 1 is 1.16 bits per heavy atom. The number of aromatic hydroxyl groups is 1. The number of rotatable bonds is 5. The molecule has 2 aromatic carbocycles. The number of hydrogen-bond donors (Lipinski definition) is 1. The van der Waals surface area contributed by atoms with Gasteiger partial charge in [-0.15, -0.1) is 11.8 Å². The zero-order valence-corrected chi connectivity index (χ0v) is 11.6. The van der Waals surface area contributed by atoms with Crippen LogP contribution in [0.15, 0.2) is 53.4 Å². The zero-order chi connectivity index (χ0) is 13.7. The van der Waals surface area contributed by atoms with Crippen LogP contribution in [0.25, 0.3) is 0 Å². The second-order valence-corrected chi connectivity index (χ2v) is 5.46. The van der Waals surface area contributed by atoms with E-state index in [9.17, 15) is 9.90 Å². The van der Waals surface area contributed by atoms with Crippen LogP contribution in [0.1, 0.15) is 11.1 Å². The number of phenols is 1. The van der Waals surface area contributed by atoms with E-state index in [0.29, 0.717) is 12.2 Å². The van der Waals surface area contributed by atoms with Gasteiger partial charge in [-0.2, -0.15) is 0 Å². The maximum atomic E-state index is 11.9. The molecule has 0 aliphatic carbocycles. The third kappa shape index (κ3) is 4.14. The second-order valence-electron chi connectivity index (χ2n) is 4.44. The van der Waals surface area contributed by atoms with Gasteiger partial charge in [-0.25, -0.2) is 0 Å². The van der Waals surface area contributed by atoms with Crippen LogP contribution in [-0.4, -0.2) is 16.6 Å². The van der Waals surface area contributed by atoms with E-state index in [4.69, 9.17) is 0 Å². The van der Waals surface area contributed by atoms with Crippen molar-refractivity contribution in [3.8, 4) is 5.75 Å². The monoisotopic (exact) mass is 272 g/mol. The third-order valence-corrected chi connectivity index (χ3v) is 4.03. The molecule has 2 rings (SSSR count). The molecule has 0 atom stereocenters. The van der Waals surface area contributed by atoms with Crippen LogP contribution in [0, 0.1) is 6.92 Å². The summed E-state index contributed by atoms with van der Waals surface area (Å²) in [4.78, 5) is 13.1. The smallest absolute Gasteiger partial charge is 0.147 e. The maximum absolute atomic E-state index is 11.9. The molecule has 0 spiro atoms. The lowest BCUT2D eigenvalue weighted by Crippen LogP contribution is -2.05. The average Bonchev–Trinajstić information content (AvgIpc) is 2.38. The molecule has 0 aliphatic rings. The molecule has 0 saturated carbocycles. The Hall–Kier alpha value is -1.74. The van der Waals surface area contributed by atoms with E-state index in [-0.39, 0.29) is 11.5 Å². The molecule has 19 heavy (non-hydrogen) atoms. The summed E-state index contributed by atoms with van der Waals surface area (Å²) in [5, 5.41) is 9.35. The molecule has 0 unspecified atom stereocenters. The molecular formula is C16H16O2S. The van der Waals surface area contributed by atoms with Crippen LogP contribution in [0.4, 0.5) is 0 Å². The number of hydrogen-bond acceptors (Lipinski definition) is 3. The van der Waals surface area contributed by atoms with Gasteiger partial charge < -0.3 is 5.11 Å². The molecule has 0 aromatic heterocycles. The molecule has 98 valence electrons. The summed E-state index contributed by atoms with van der Waals surface area (Å²) < 4.78 is 0. The van der Waals surface area contributed by atoms with Crippen LogP contribution in [0.5, 0.6) is 5.75 Å². The first-order valence-corrected chi connectivity index (χ1v) is 7.12. The van der Waals surface area contributed by atoms with E-state index in [1.807, 2.05) is 37.3 Å². The van der Waals surface area contributed by atoms with Crippen LogP contribution < -0.4 is 0 Å². The van der Waals surface area contributed by atoms with Gasteiger partial charge in [0, 0.05) is 11.3 Å². The van der Waals surface area contributed by atoms with Gasteiger partial charge in [0.1, 0.15) is 11.5 Å². The number of Topliss-reactive ketones (excluding diaryl/α,β-unsaturated/α-hetero) is 1. The van der Waals surface area contributed by atoms with E-state index < -0.39 is 0 Å². The first-order chi connectivity index (χ1) is 9.15. The molecule has 0 amide bonds. The highest BCUT2D eigenvalue weighted by atomic mass is 32.2. The van der Waals surface area contributed by atoms with Gasteiger partial charge >= 0.3 is 0 Å². The Labute approximate surface area is 117 Å². The third-order valence-electron chi connectivity index (χ3n) is 2.79. The van der Waals surface area contributed by atoms with Crippen LogP contribution in [0.2, 0.25) is 0 Å². The van der Waals surface area contributed by atoms with E-state index in [0.717, 1.165) is 10.5 Å². The van der Waals surface area contributed by atoms with Crippen molar-refractivity contribution in [2.24, 2.45) is 0 Å². The molecule has 1 N–H and O–H groups in total. The molecule has 0 radical (unpaired) electrons. The van der Waals surface area contributed by atoms with E-state index in [1.54, 1.807) is 30.0 Å². The number of ketones is 1. The molecular weight excluding hydrogens is 256 g/mol. The van der Waals surface area contributed by atoms with Gasteiger partial charge in [0.15, 0.2) is 0 Å². The number of carbonyl (C=O) groups is 1. The van der Waals surface area contributed by atoms with Crippen molar-refractivity contribution in [2.75, 3.05) is 5.75 Å². The lowest BCUT2D eigenvalue weighted by Gasteiger charge is -2.05. The molecule has 0 bridgehead atoms. The maximum Gasteiger partial charge on any atom is 0.147 e. The van der Waals surface area contributed by atoms with Gasteiger partial charge in [-0.1, -0.05) is 30.3 Å². The number of carbonyl (C=O) groups excluding carboxylic acids is 1. The largest absolute Gasteiger partial charge is 0.508 e. The molecule has 2 nitrogen and oxygen atoms in total. The lowest BCUT2D eigenvalue weighted by molar-refractivity contribution is -0.116. The van der Waals surface area contributed by atoms with Crippen molar-refractivity contribution in [3.63, 3.8) is 0 Å². The fraction of sp³-hybridized carbons (Fsp3) is 0.188. The molecule has 0 fully saturated rings. The van der Waals surface area contributed by atoms with E-state index in [2.05, 4.69) is 0 Å². The van der Waals surface area contributed by atoms with Crippen molar-refractivity contribution in [1.29, 1.82) is 0 Å². The van der Waals surface area contributed by atoms with Crippen molar-refractivity contribution in [2.45, 2.75) is 18.2 Å². The summed E-state index contributed by atoms with van der Waals surface area (Å²) in [5.74, 6) is 0.830. The summed E-state index contributed by atoms with van der Waals surface area (Å²) in [7, 11) is 0. The standard InChI is InChI=1S/C16H16O2S/c1-12-5-2-3-8-16(12)19-11-15(18)10-13-6-4-7-14(17)9-13/h2-9,17H,10-11H2,1H3. The predicted octanol–water partition coefficient (Wildman–Crippen LogP) is 3.60. The van der Waals surface area contributed by atoms with Gasteiger partial charge in [0.25, 0.3) is 0 Å². The fourth-order valence-corrected chi connectivity index (χ4v) is 2.71. The van der Waals surface area contributed by atoms with Crippen LogP contribution >= 0.6 is 11.8 Å². The lowest BCUT2D eigenvalue weighted by atomic mass is 10.1. The Morgan fingerprint density at radius 3 is 2.68 bits per heavy atom. The molecule has 3 heteroatoms. The highest BCUT2D eigenvalue weighted by Crippen LogP contribution is 2.22. The van der Waals surface area contributed by atoms with Gasteiger partial charge in [-0.05, 0) is 36.2 Å². The Bertz CT molecular complexity index is 578. The highest BCUT2D eigenvalue weighted by Gasteiger charge is 2.06. The first kappa shape index (κ1) is 13.7. The summed E-state index contributed by atoms with van der Waals surface area (Å²) in [6.07, 6.45) is 0.368. The second kappa shape index (κ2) is 6.43. The average molecular weight is 272 g/mol. The zero-order valence-electron chi connectivity index (χ0n) is 10.8. The van der Waals surface area contributed by atoms with Crippen molar-refractivity contribution in [3.05, 3.63) is 59.7 Å². The fourth-order valence-electron chi connectivity index (χ4n) is 1.82.